The van der Waals surface area contributed by atoms with Gasteiger partial charge in [0, 0.05) is 81.2 Å². The molecule has 479 valence electrons. The fraction of sp³-hybridized carbons (Fsp3) is 0. The summed E-state index contributed by atoms with van der Waals surface area (Å²) in [5, 5.41) is 22.7. The number of allylic oxidation sites excluding steroid dienone is 2. The van der Waals surface area contributed by atoms with Gasteiger partial charge in [-0.3, -0.25) is 0 Å². The number of rotatable bonds is 7. The summed E-state index contributed by atoms with van der Waals surface area (Å²) in [5.41, 5.74) is 23.5. The van der Waals surface area contributed by atoms with Crippen LogP contribution < -0.4 is 4.65 Å². The van der Waals surface area contributed by atoms with Crippen LogP contribution in [0.1, 0.15) is 11.3 Å². The molecule has 21 aromatic rings. The Balaban J connectivity index is 0.000000128. The molecule has 0 fully saturated rings. The molecule has 7 aromatic heterocycles. The second kappa shape index (κ2) is 23.9. The topological polar surface area (TPSA) is 121 Å². The summed E-state index contributed by atoms with van der Waals surface area (Å²) in [7, 11) is 0.679. The molecule has 14 aromatic carbocycles. The normalized spacial score (nSPS) is 12.2. The number of hydrogen-bond acceptors (Lipinski definition) is 9. The van der Waals surface area contributed by atoms with Crippen LogP contribution in [-0.4, -0.2) is 12.7 Å². The van der Waals surface area contributed by atoms with Crippen molar-refractivity contribution in [3.63, 3.8) is 0 Å². The molecule has 9 nitrogen and oxygen atoms in total. The Labute approximate surface area is 597 Å². The van der Waals surface area contributed by atoms with Gasteiger partial charge in [0.15, 0.2) is 10.1 Å². The summed E-state index contributed by atoms with van der Waals surface area (Å²) in [6, 6.07) is 95.9. The minimum absolute atomic E-state index is 0.572. The molecule has 0 saturated heterocycles. The van der Waals surface area contributed by atoms with Gasteiger partial charge in [0.25, 0.3) is 0 Å². The molecule has 0 spiro atoms. The third kappa shape index (κ3) is 10.3. The van der Waals surface area contributed by atoms with Crippen molar-refractivity contribution in [2.75, 3.05) is 0 Å². The predicted octanol–water partition coefficient (Wildman–Crippen LogP) is 26.8. The highest BCUT2D eigenvalue weighted by Gasteiger charge is 2.25. The van der Waals surface area contributed by atoms with Crippen molar-refractivity contribution in [3.8, 4) is 61.4 Å². The standard InChI is InChI=1S/C54H30O4.C18H12BO3.C18H7Br2O2/c1-3-7-31(8-4-1)33-11-17-47-39(23-33)41-25-35(13-19-49(41)55-47)37-15-21-51-43(27-37)45-29-46-44-28-38(16-22-52(44)58-54(46)30-53(45)57-51)36-14-20-50-42(26-36)40-24-34(12-18-48(40)56-50)32-9-5-2-6-10-32;20-19-22-14-7-9-18-16(11-14)15-10-13(6-8-17(15)21-18)12-4-2-1-3-5-12;19-9-1-3-15-11(5-9)13-7-14-12-6-10(20)2-4-16(12)22-18(14)8-17(13)21-15/h1-30H;1-11,20H;1,3-8H/q;;+1. The van der Waals surface area contributed by atoms with Gasteiger partial charge in [-0.05, 0) is 205 Å². The first kappa shape index (κ1) is 59.6. The maximum absolute atomic E-state index is 8.78. The Kier molecular flexibility index (Phi) is 14.0. The van der Waals surface area contributed by atoms with Gasteiger partial charge in [-0.1, -0.05) is 149 Å². The van der Waals surface area contributed by atoms with E-state index < -0.39 is 0 Å². The lowest BCUT2D eigenvalue weighted by atomic mass is 9.98. The van der Waals surface area contributed by atoms with Gasteiger partial charge in [-0.25, -0.2) is 0 Å². The van der Waals surface area contributed by atoms with Crippen molar-refractivity contribution >= 4 is 194 Å². The van der Waals surface area contributed by atoms with E-state index in [2.05, 4.69) is 238 Å². The maximum Gasteiger partial charge on any atom is 0.569 e. The zero-order valence-electron chi connectivity index (χ0n) is 53.8. The minimum Gasteiger partial charge on any atom is -0.537 e. The van der Waals surface area contributed by atoms with E-state index >= 15 is 0 Å². The zero-order valence-corrected chi connectivity index (χ0v) is 56.9. The van der Waals surface area contributed by atoms with E-state index in [0.29, 0.717) is 13.4 Å². The Morgan fingerprint density at radius 1 is 0.265 bits per heavy atom. The minimum atomic E-state index is 0.572. The quantitative estimate of drug-likeness (QED) is 0.123. The van der Waals surface area contributed by atoms with Gasteiger partial charge >= 0.3 is 7.69 Å². The average Bonchev–Trinajstić information content (AvgIpc) is 1.59. The van der Waals surface area contributed by atoms with Crippen LogP contribution in [0.15, 0.2) is 319 Å². The first-order chi connectivity index (χ1) is 50.2. The van der Waals surface area contributed by atoms with Gasteiger partial charge < -0.3 is 40.6 Å². The summed E-state index contributed by atoms with van der Waals surface area (Å²) in [6.45, 7) is 0. The Morgan fingerprint density at radius 3 is 0.931 bits per heavy atom. The van der Waals surface area contributed by atoms with Gasteiger partial charge in [0.05, 0.1) is 17.5 Å². The van der Waals surface area contributed by atoms with E-state index in [1.807, 2.05) is 84.9 Å². The van der Waals surface area contributed by atoms with Crippen molar-refractivity contribution in [2.24, 2.45) is 0 Å². The van der Waals surface area contributed by atoms with Gasteiger partial charge in [0.1, 0.15) is 84.4 Å². The zero-order chi connectivity index (χ0) is 67.7. The van der Waals surface area contributed by atoms with Crippen LogP contribution in [0, 0.1) is 6.08 Å². The van der Waals surface area contributed by atoms with E-state index in [1.165, 1.54) is 22.3 Å². The third-order valence-corrected chi connectivity index (χ3v) is 20.5. The summed E-state index contributed by atoms with van der Waals surface area (Å²) >= 11 is 7.00. The van der Waals surface area contributed by atoms with Crippen LogP contribution in [0.3, 0.4) is 0 Å². The molecular weight excluding hydrogens is 1400 g/mol. The molecular formula is C90H49BBr2O9+. The molecule has 102 heavy (non-hydrogen) atoms. The molecule has 0 saturated carbocycles. The van der Waals surface area contributed by atoms with Crippen LogP contribution in [0.2, 0.25) is 0 Å². The second-order valence-electron chi connectivity index (χ2n) is 25.6. The fourth-order valence-corrected chi connectivity index (χ4v) is 15.3. The predicted molar refractivity (Wildman–Crippen MR) is 421 cm³/mol. The molecule has 0 unspecified atom stereocenters. The van der Waals surface area contributed by atoms with Crippen LogP contribution in [0.4, 0.5) is 0 Å². The molecule has 0 amide bonds. The fourth-order valence-electron chi connectivity index (χ4n) is 14.6. The van der Waals surface area contributed by atoms with Crippen LogP contribution in [-0.2, 0) is 0 Å². The number of hydrogen-bond donors (Lipinski definition) is 1. The van der Waals surface area contributed by atoms with Crippen LogP contribution >= 0.6 is 31.9 Å². The van der Waals surface area contributed by atoms with E-state index in [1.54, 1.807) is 6.07 Å². The Bertz CT molecular complexity index is 6800. The largest absolute Gasteiger partial charge is 0.569 e. The average molecular weight is 1440 g/mol. The van der Waals surface area contributed by atoms with E-state index in [-0.39, 0.29) is 0 Å². The molecule has 7 heterocycles. The summed E-state index contributed by atoms with van der Waals surface area (Å²) in [4.78, 5) is 0. The first-order valence-corrected chi connectivity index (χ1v) is 34.9. The molecule has 1 N–H and O–H groups in total. The van der Waals surface area contributed by atoms with Crippen molar-refractivity contribution in [1.29, 1.82) is 0 Å². The highest BCUT2D eigenvalue weighted by atomic mass is 79.9. The number of halogens is 2. The Morgan fingerprint density at radius 2 is 0.559 bits per heavy atom. The van der Waals surface area contributed by atoms with Crippen LogP contribution in [0.25, 0.3) is 210 Å². The second-order valence-corrected chi connectivity index (χ2v) is 27.3. The molecule has 1 radical (unpaired) electrons. The molecule has 12 heteroatoms. The smallest absolute Gasteiger partial charge is 0.537 e. The molecule has 22 rings (SSSR count). The van der Waals surface area contributed by atoms with Gasteiger partial charge in [-0.15, -0.1) is 0 Å². The lowest BCUT2D eigenvalue weighted by Gasteiger charge is -2.04. The molecule has 0 aliphatic heterocycles. The highest BCUT2D eigenvalue weighted by molar-refractivity contribution is 9.12. The monoisotopic (exact) mass is 1440 g/mol. The van der Waals surface area contributed by atoms with Crippen molar-refractivity contribution in [2.45, 2.75) is 0 Å². The number of benzene rings is 14. The van der Waals surface area contributed by atoms with Gasteiger partial charge in [0.2, 0.25) is 5.76 Å². The molecule has 1 aliphatic rings. The highest BCUT2D eigenvalue weighted by Crippen LogP contribution is 2.45. The maximum atomic E-state index is 8.78. The van der Waals surface area contributed by atoms with Crippen molar-refractivity contribution in [1.82, 2.24) is 0 Å². The summed E-state index contributed by atoms with van der Waals surface area (Å²) in [6.07, 6.45) is 6.99. The van der Waals surface area contributed by atoms with Crippen molar-refractivity contribution < 1.29 is 40.6 Å². The number of furan rings is 7. The van der Waals surface area contributed by atoms with E-state index in [4.69, 9.17) is 40.6 Å². The van der Waals surface area contributed by atoms with Crippen molar-refractivity contribution in [3.05, 3.63) is 305 Å². The van der Waals surface area contributed by atoms with E-state index in [0.717, 1.165) is 196 Å². The lowest BCUT2D eigenvalue weighted by Crippen LogP contribution is -1.98. The number of fused-ring (bicyclic) bond motifs is 21. The SMILES string of the molecule is BrC1=Cc2c(oc3cc4oc5ccc(Br)cc5c4cc23)C=[C+]1.O[B]Oc1ccc2oc3ccc(-c4ccccc4)cc3c2c1.c1ccc(-c2ccc3oc4ccc(-c5ccc6oc7cc8oc9ccc(-c%10ccc%11oc%12ccc(-c%13ccccc%13)cc%12c%11c%10)cc9c8cc7c6c5)cc4c3c2)cc1. The lowest BCUT2D eigenvalue weighted by molar-refractivity contribution is 0.454. The summed E-state index contributed by atoms with van der Waals surface area (Å²) < 4.78 is 50.1. The van der Waals surface area contributed by atoms with Crippen LogP contribution in [0.5, 0.6) is 5.75 Å². The summed E-state index contributed by atoms with van der Waals surface area (Å²) in [5.74, 6) is 1.40. The first-order valence-electron chi connectivity index (χ1n) is 33.3. The molecule has 1 aliphatic carbocycles. The van der Waals surface area contributed by atoms with E-state index in [9.17, 15) is 0 Å². The van der Waals surface area contributed by atoms with Gasteiger partial charge in [-0.2, -0.15) is 0 Å². The molecule has 0 bridgehead atoms. The third-order valence-electron chi connectivity index (χ3n) is 19.5. The molecule has 0 atom stereocenters. The Hall–Kier alpha value is -12.4.